The second-order valence-electron chi connectivity index (χ2n) is 4.13. The highest BCUT2D eigenvalue weighted by atomic mass is 16.5. The van der Waals surface area contributed by atoms with Crippen molar-refractivity contribution in [3.05, 3.63) is 29.8 Å². The molecule has 0 bridgehead atoms. The van der Waals surface area contributed by atoms with Gasteiger partial charge in [-0.3, -0.25) is 4.79 Å². The molecule has 1 unspecified atom stereocenters. The number of nitrogen functional groups attached to an aromatic ring is 1. The third-order valence-electron chi connectivity index (χ3n) is 2.87. The summed E-state index contributed by atoms with van der Waals surface area (Å²) >= 11 is 0. The topological polar surface area (TPSA) is 52.3 Å². The maximum atomic E-state index is 12.1. The average molecular weight is 205 g/mol. The summed E-state index contributed by atoms with van der Waals surface area (Å²) in [6.07, 6.45) is 1.76. The molecule has 1 aromatic rings. The Morgan fingerprint density at radius 3 is 2.60 bits per heavy atom. The molecule has 0 radical (unpaired) electrons. The number of Topliss-reactive ketones (excluding diaryl/α,β-unsaturated/α-hetero) is 1. The number of ether oxygens (including phenoxy) is 1. The monoisotopic (exact) mass is 205 g/mol. The molecule has 0 aliphatic carbocycles. The summed E-state index contributed by atoms with van der Waals surface area (Å²) in [5.41, 5.74) is 6.29. The Balaban J connectivity index is 2.24. The highest BCUT2D eigenvalue weighted by molar-refractivity contribution is 6.02. The molecule has 1 heterocycles. The van der Waals surface area contributed by atoms with E-state index in [0.29, 0.717) is 17.9 Å². The minimum atomic E-state index is -0.629. The molecule has 1 aliphatic heterocycles. The molecule has 2 N–H and O–H groups in total. The van der Waals surface area contributed by atoms with E-state index in [4.69, 9.17) is 10.5 Å². The van der Waals surface area contributed by atoms with Crippen LogP contribution >= 0.6 is 0 Å². The lowest BCUT2D eigenvalue weighted by Gasteiger charge is -2.21. The van der Waals surface area contributed by atoms with E-state index < -0.39 is 5.60 Å². The van der Waals surface area contributed by atoms with Crippen LogP contribution in [0.25, 0.3) is 0 Å². The SMILES string of the molecule is CC1(C(=O)c2ccc(N)cc2)CCCO1. The standard InChI is InChI=1S/C12H15NO2/c1-12(7-2-8-15-12)11(14)9-3-5-10(13)6-4-9/h3-6H,2,7-8,13H2,1H3. The Bertz CT molecular complexity index is 364. The van der Waals surface area contributed by atoms with E-state index >= 15 is 0 Å². The summed E-state index contributed by atoms with van der Waals surface area (Å²) in [5.74, 6) is 0.0556. The van der Waals surface area contributed by atoms with Gasteiger partial charge in [0, 0.05) is 17.9 Å². The van der Waals surface area contributed by atoms with E-state index in [2.05, 4.69) is 0 Å². The van der Waals surface area contributed by atoms with Crippen LogP contribution in [0.2, 0.25) is 0 Å². The Labute approximate surface area is 89.2 Å². The molecular weight excluding hydrogens is 190 g/mol. The van der Waals surface area contributed by atoms with Gasteiger partial charge in [0.15, 0.2) is 5.78 Å². The second-order valence-corrected chi connectivity index (χ2v) is 4.13. The third kappa shape index (κ3) is 1.88. The minimum absolute atomic E-state index is 0.0556. The van der Waals surface area contributed by atoms with Gasteiger partial charge in [0.05, 0.1) is 0 Å². The molecule has 0 spiro atoms. The number of hydrogen-bond donors (Lipinski definition) is 1. The zero-order valence-electron chi connectivity index (χ0n) is 8.82. The fourth-order valence-corrected chi connectivity index (χ4v) is 1.90. The van der Waals surface area contributed by atoms with Gasteiger partial charge in [0.1, 0.15) is 5.60 Å². The zero-order chi connectivity index (χ0) is 10.9. The normalized spacial score (nSPS) is 25.4. The fraction of sp³-hybridized carbons (Fsp3) is 0.417. The number of rotatable bonds is 2. The van der Waals surface area contributed by atoms with Crippen molar-refractivity contribution >= 4 is 11.5 Å². The van der Waals surface area contributed by atoms with Gasteiger partial charge in [-0.2, -0.15) is 0 Å². The van der Waals surface area contributed by atoms with Crippen molar-refractivity contribution in [1.29, 1.82) is 0 Å². The molecular formula is C12H15NO2. The summed E-state index contributed by atoms with van der Waals surface area (Å²) in [5, 5.41) is 0. The van der Waals surface area contributed by atoms with Crippen molar-refractivity contribution in [3.8, 4) is 0 Å². The van der Waals surface area contributed by atoms with Crippen molar-refractivity contribution in [1.82, 2.24) is 0 Å². The van der Waals surface area contributed by atoms with Crippen LogP contribution in [0.15, 0.2) is 24.3 Å². The Kier molecular flexibility index (Phi) is 2.49. The van der Waals surface area contributed by atoms with Crippen LogP contribution in [-0.2, 0) is 4.74 Å². The van der Waals surface area contributed by atoms with E-state index in [1.54, 1.807) is 24.3 Å². The van der Waals surface area contributed by atoms with Crippen molar-refractivity contribution in [3.63, 3.8) is 0 Å². The molecule has 15 heavy (non-hydrogen) atoms. The third-order valence-corrected chi connectivity index (χ3v) is 2.87. The van der Waals surface area contributed by atoms with Gasteiger partial charge in [-0.05, 0) is 44.0 Å². The van der Waals surface area contributed by atoms with Crippen LogP contribution in [0.1, 0.15) is 30.1 Å². The Morgan fingerprint density at radius 1 is 1.40 bits per heavy atom. The maximum Gasteiger partial charge on any atom is 0.194 e. The van der Waals surface area contributed by atoms with Crippen molar-refractivity contribution in [2.24, 2.45) is 0 Å². The van der Waals surface area contributed by atoms with Crippen molar-refractivity contribution < 1.29 is 9.53 Å². The highest BCUT2D eigenvalue weighted by Gasteiger charge is 2.37. The van der Waals surface area contributed by atoms with E-state index in [1.807, 2.05) is 6.92 Å². The molecule has 1 aromatic carbocycles. The highest BCUT2D eigenvalue weighted by Crippen LogP contribution is 2.29. The van der Waals surface area contributed by atoms with E-state index in [0.717, 1.165) is 12.8 Å². The molecule has 1 saturated heterocycles. The summed E-state index contributed by atoms with van der Waals surface area (Å²) < 4.78 is 5.51. The van der Waals surface area contributed by atoms with Gasteiger partial charge < -0.3 is 10.5 Å². The Morgan fingerprint density at radius 2 is 2.07 bits per heavy atom. The van der Waals surface area contributed by atoms with Crippen molar-refractivity contribution in [2.45, 2.75) is 25.4 Å². The maximum absolute atomic E-state index is 12.1. The Hall–Kier alpha value is -1.35. The number of carbonyl (C=O) groups is 1. The van der Waals surface area contributed by atoms with E-state index in [-0.39, 0.29) is 5.78 Å². The first kappa shape index (κ1) is 10.2. The van der Waals surface area contributed by atoms with Gasteiger partial charge in [-0.15, -0.1) is 0 Å². The van der Waals surface area contributed by atoms with E-state index in [1.165, 1.54) is 0 Å². The van der Waals surface area contributed by atoms with Crippen LogP contribution in [-0.4, -0.2) is 18.0 Å². The summed E-state index contributed by atoms with van der Waals surface area (Å²) in [7, 11) is 0. The summed E-state index contributed by atoms with van der Waals surface area (Å²) in [6.45, 7) is 2.54. The van der Waals surface area contributed by atoms with Crippen LogP contribution in [0.4, 0.5) is 5.69 Å². The predicted octanol–water partition coefficient (Wildman–Crippen LogP) is 2.02. The minimum Gasteiger partial charge on any atom is -0.399 e. The van der Waals surface area contributed by atoms with Gasteiger partial charge >= 0.3 is 0 Å². The molecule has 1 atom stereocenters. The molecule has 3 nitrogen and oxygen atoms in total. The molecule has 1 fully saturated rings. The van der Waals surface area contributed by atoms with Crippen LogP contribution in [0.5, 0.6) is 0 Å². The molecule has 0 aromatic heterocycles. The smallest absolute Gasteiger partial charge is 0.194 e. The molecule has 0 amide bonds. The first-order valence-electron chi connectivity index (χ1n) is 5.16. The fourth-order valence-electron chi connectivity index (χ4n) is 1.90. The average Bonchev–Trinajstić information content (AvgIpc) is 2.67. The molecule has 80 valence electrons. The lowest BCUT2D eigenvalue weighted by Crippen LogP contribution is -2.34. The first-order valence-corrected chi connectivity index (χ1v) is 5.16. The van der Waals surface area contributed by atoms with Crippen LogP contribution in [0.3, 0.4) is 0 Å². The van der Waals surface area contributed by atoms with Crippen LogP contribution < -0.4 is 5.73 Å². The number of benzene rings is 1. The summed E-state index contributed by atoms with van der Waals surface area (Å²) in [4.78, 5) is 12.1. The largest absolute Gasteiger partial charge is 0.399 e. The molecule has 3 heteroatoms. The lowest BCUT2D eigenvalue weighted by atomic mass is 9.92. The van der Waals surface area contributed by atoms with Gasteiger partial charge in [0.2, 0.25) is 0 Å². The summed E-state index contributed by atoms with van der Waals surface area (Å²) in [6, 6.07) is 6.99. The lowest BCUT2D eigenvalue weighted by molar-refractivity contribution is 0.0213. The number of hydrogen-bond acceptors (Lipinski definition) is 3. The predicted molar refractivity (Wildman–Crippen MR) is 58.8 cm³/mol. The quantitative estimate of drug-likeness (QED) is 0.593. The number of anilines is 1. The first-order chi connectivity index (χ1) is 7.12. The number of ketones is 1. The second kappa shape index (κ2) is 3.66. The van der Waals surface area contributed by atoms with Crippen molar-refractivity contribution in [2.75, 3.05) is 12.3 Å². The van der Waals surface area contributed by atoms with Gasteiger partial charge in [-0.25, -0.2) is 0 Å². The number of nitrogens with two attached hydrogens (primary N) is 1. The van der Waals surface area contributed by atoms with Gasteiger partial charge in [0.25, 0.3) is 0 Å². The van der Waals surface area contributed by atoms with E-state index in [9.17, 15) is 4.79 Å². The molecule has 1 aliphatic rings. The number of carbonyl (C=O) groups excluding carboxylic acids is 1. The van der Waals surface area contributed by atoms with Gasteiger partial charge in [-0.1, -0.05) is 0 Å². The molecule has 2 rings (SSSR count). The zero-order valence-corrected chi connectivity index (χ0v) is 8.82. The molecule has 0 saturated carbocycles. The van der Waals surface area contributed by atoms with Crippen LogP contribution in [0, 0.1) is 0 Å².